The summed E-state index contributed by atoms with van der Waals surface area (Å²) >= 11 is 0.499. The summed E-state index contributed by atoms with van der Waals surface area (Å²) in [6.07, 6.45) is 1.99. The zero-order valence-electron chi connectivity index (χ0n) is 6.54. The van der Waals surface area contributed by atoms with Crippen molar-refractivity contribution in [3.05, 3.63) is 23.8 Å². The molecule has 0 radical (unpaired) electrons. The Hall–Kier alpha value is 0.280. The summed E-state index contributed by atoms with van der Waals surface area (Å²) in [6, 6.07) is 0. The molecule has 0 unspecified atom stereocenters. The molecule has 1 aliphatic heterocycles. The molecule has 1 heterocycles. The van der Waals surface area contributed by atoms with Gasteiger partial charge in [-0.05, 0) is 23.4 Å². The third kappa shape index (κ3) is 4.15. The number of hydrogen-bond acceptors (Lipinski definition) is 3. The van der Waals surface area contributed by atoms with Crippen LogP contribution < -0.4 is 22.8 Å². The summed E-state index contributed by atoms with van der Waals surface area (Å²) in [6.45, 7) is 3.75. The molecule has 0 atom stereocenters. The van der Waals surface area contributed by atoms with Crippen molar-refractivity contribution in [3.8, 4) is 0 Å². The van der Waals surface area contributed by atoms with Gasteiger partial charge in [-0.2, -0.15) is 0 Å². The van der Waals surface area contributed by atoms with Crippen LogP contribution in [0.3, 0.4) is 0 Å². The second-order valence-corrected chi connectivity index (χ2v) is 2.43. The van der Waals surface area contributed by atoms with Crippen LogP contribution in [0.4, 0.5) is 0 Å². The zero-order chi connectivity index (χ0) is 7.98. The average Bonchev–Trinajstić information content (AvgIpc) is 2.19. The van der Waals surface area contributed by atoms with Crippen LogP contribution in [0.2, 0.25) is 0 Å². The standard InChI is InChI=1S/C5H7NS.H2IO.H2O/c1-5-3-4-7-6(5)2;1-2;/h3-4H,1H2,2H3;1-2H;1H2/q;-1;/i;1T;. The number of halogens is 1. The molecule has 0 aromatic rings. The Morgan fingerprint density at radius 3 is 2.60 bits per heavy atom. The Morgan fingerprint density at radius 2 is 2.50 bits per heavy atom. The summed E-state index contributed by atoms with van der Waals surface area (Å²) < 4.78 is 15.2. The minimum atomic E-state index is -1.16. The number of rotatable bonds is 0. The second-order valence-electron chi connectivity index (χ2n) is 1.40. The van der Waals surface area contributed by atoms with Gasteiger partial charge in [-0.15, -0.1) is 0 Å². The normalized spacial score (nSPS) is 15.6. The van der Waals surface area contributed by atoms with Crippen LogP contribution in [0.25, 0.3) is 0 Å². The van der Waals surface area contributed by atoms with E-state index in [1.807, 2.05) is 22.8 Å². The van der Waals surface area contributed by atoms with Crippen LogP contribution in [0, 0.1) is 0 Å². The topological polar surface area (TPSA) is 55.0 Å². The van der Waals surface area contributed by atoms with Crippen LogP contribution in [0.5, 0.6) is 0 Å². The van der Waals surface area contributed by atoms with Crippen molar-refractivity contribution in [2.75, 3.05) is 7.05 Å². The van der Waals surface area contributed by atoms with E-state index in [4.69, 9.17) is 4.03 Å². The first-order valence-corrected chi connectivity index (χ1v) is 4.04. The summed E-state index contributed by atoms with van der Waals surface area (Å²) in [4.78, 5) is 0. The van der Waals surface area contributed by atoms with Crippen molar-refractivity contribution in [3.63, 3.8) is 0 Å². The molecule has 62 valence electrons. The third-order valence-electron chi connectivity index (χ3n) is 0.884. The number of allylic oxidation sites excluding steroid dienone is 1. The molecule has 0 bridgehead atoms. The van der Waals surface area contributed by atoms with E-state index in [9.17, 15) is 0 Å². The van der Waals surface area contributed by atoms with Crippen molar-refractivity contribution < 1.29 is 31.7 Å². The summed E-state index contributed by atoms with van der Waals surface area (Å²) in [7, 11) is 1.99. The molecule has 1 aliphatic rings. The van der Waals surface area contributed by atoms with Gasteiger partial charge in [0.25, 0.3) is 0 Å². The molecule has 10 heavy (non-hydrogen) atoms. The molecular weight excluding hydrogens is 265 g/mol. The molecule has 0 aromatic carbocycles. The first-order chi connectivity index (χ1) is 4.72. The number of likely N-dealkylation sites (N-methyl/N-ethyl adjacent to an activating group) is 1. The predicted octanol–water partition coefficient (Wildman–Crippen LogP) is -3.04. The van der Waals surface area contributed by atoms with Gasteiger partial charge in [0.15, 0.2) is 0 Å². The molecule has 3 nitrogen and oxygen atoms in total. The summed E-state index contributed by atoms with van der Waals surface area (Å²) in [5.74, 6) is 0. The van der Waals surface area contributed by atoms with Crippen LogP contribution >= 0.6 is 11.9 Å². The van der Waals surface area contributed by atoms with Crippen LogP contribution in [-0.2, 0) is 0 Å². The molecule has 1 rings (SSSR count). The van der Waals surface area contributed by atoms with Gasteiger partial charge >= 0.3 is 26.8 Å². The number of hydrogen-bond donors (Lipinski definition) is 1. The Kier molecular flexibility index (Phi) is 7.59. The summed E-state index contributed by atoms with van der Waals surface area (Å²) in [5, 5.41) is 2.02. The molecule has 0 amide bonds. The van der Waals surface area contributed by atoms with E-state index in [1.165, 1.54) is 0 Å². The van der Waals surface area contributed by atoms with Gasteiger partial charge < -0.3 is 9.78 Å². The van der Waals surface area contributed by atoms with E-state index in [2.05, 4.69) is 6.58 Å². The molecule has 5 heteroatoms. The average molecular weight is 278 g/mol. The first-order valence-electron chi connectivity index (χ1n) is 2.61. The van der Waals surface area contributed by atoms with Gasteiger partial charge in [-0.3, -0.25) is 0 Å². The van der Waals surface area contributed by atoms with E-state index < -0.39 is 22.8 Å². The fraction of sp³-hybridized carbons (Fsp3) is 0.200. The van der Waals surface area contributed by atoms with Crippen LogP contribution in [0.15, 0.2) is 23.8 Å². The van der Waals surface area contributed by atoms with Crippen LogP contribution in [-0.4, -0.2) is 20.9 Å². The number of nitrogens with zero attached hydrogens (tertiary/aromatic N) is 1. The van der Waals surface area contributed by atoms with Gasteiger partial charge in [0.05, 0.1) is 0 Å². The van der Waals surface area contributed by atoms with E-state index in [0.29, 0.717) is 0 Å². The van der Waals surface area contributed by atoms with E-state index in [0.717, 1.165) is 5.70 Å². The van der Waals surface area contributed by atoms with E-state index >= 15 is 0 Å². The monoisotopic (exact) mass is 278 g/mol. The van der Waals surface area contributed by atoms with Crippen molar-refractivity contribution in [1.29, 1.82) is 0.594 Å². The molecule has 0 saturated carbocycles. The third-order valence-corrected chi connectivity index (χ3v) is 1.69. The van der Waals surface area contributed by atoms with Crippen molar-refractivity contribution in [2.45, 2.75) is 0 Å². The quantitative estimate of drug-likeness (QED) is 0.379. The fourth-order valence-corrected chi connectivity index (χ4v) is 0.970. The molecule has 0 saturated heterocycles. The van der Waals surface area contributed by atoms with Gasteiger partial charge in [-0.1, -0.05) is 6.58 Å². The van der Waals surface area contributed by atoms with Gasteiger partial charge in [0.2, 0.25) is 0 Å². The van der Waals surface area contributed by atoms with Gasteiger partial charge in [-0.25, -0.2) is 0 Å². The first kappa shape index (κ1) is 10.3. The maximum absolute atomic E-state index is 7.35. The summed E-state index contributed by atoms with van der Waals surface area (Å²) in [5.41, 5.74) is 1.07. The Morgan fingerprint density at radius 1 is 2.00 bits per heavy atom. The van der Waals surface area contributed by atoms with Crippen LogP contribution in [0.1, 0.15) is 0 Å². The predicted molar refractivity (Wildman–Crippen MR) is 40.9 cm³/mol. The van der Waals surface area contributed by atoms with Crippen molar-refractivity contribution in [2.24, 2.45) is 0 Å². The van der Waals surface area contributed by atoms with Crippen molar-refractivity contribution >= 4 is 11.9 Å². The Bertz CT molecular complexity index is 144. The molecular formula is C5H11INO2S-. The molecule has 3 N–H and O–H groups in total. The van der Waals surface area contributed by atoms with E-state index in [-0.39, 0.29) is 5.48 Å². The van der Waals surface area contributed by atoms with Gasteiger partial charge in [0, 0.05) is 12.7 Å². The second kappa shape index (κ2) is 7.39. The van der Waals surface area contributed by atoms with Gasteiger partial charge in [0.1, 0.15) is 0 Å². The van der Waals surface area contributed by atoms with E-state index in [1.54, 1.807) is 11.9 Å². The maximum atomic E-state index is 7.35. The molecule has 0 spiro atoms. The molecule has 0 fully saturated rings. The minimum absolute atomic E-state index is 0. The Balaban J connectivity index is 0. The zero-order valence-corrected chi connectivity index (χ0v) is 8.52. The fourth-order valence-electron chi connectivity index (χ4n) is 0.373. The Labute approximate surface area is 79.4 Å². The molecule has 0 aliphatic carbocycles. The SMILES string of the molecule is C=C1C=CSN1C.O.[3H][I-]O. The van der Waals surface area contributed by atoms with Crippen molar-refractivity contribution in [1.82, 2.24) is 4.31 Å². The molecule has 0 aromatic heterocycles.